The fraction of sp³-hybridized carbons (Fsp3) is 0.579. The first kappa shape index (κ1) is 19.5. The Kier molecular flexibility index (Phi) is 5.62. The van der Waals surface area contributed by atoms with E-state index in [1.165, 1.54) is 6.07 Å². The SMILES string of the molecule is CC1CC1C(=O)NCCC(=O)Nc1cc(C(F)(F)F)ccc1N1CCCC1. The van der Waals surface area contributed by atoms with Crippen molar-refractivity contribution in [1.82, 2.24) is 5.32 Å². The summed E-state index contributed by atoms with van der Waals surface area (Å²) in [5, 5.41) is 5.30. The Labute approximate surface area is 156 Å². The molecule has 1 aromatic rings. The highest BCUT2D eigenvalue weighted by Crippen LogP contribution is 2.38. The lowest BCUT2D eigenvalue weighted by molar-refractivity contribution is -0.137. The minimum atomic E-state index is -4.47. The fourth-order valence-electron chi connectivity index (χ4n) is 3.38. The number of hydrogen-bond acceptors (Lipinski definition) is 3. The molecule has 8 heteroatoms. The first-order valence-corrected chi connectivity index (χ1v) is 9.29. The molecule has 3 rings (SSSR count). The third-order valence-electron chi connectivity index (χ3n) is 5.14. The molecule has 2 atom stereocenters. The van der Waals surface area contributed by atoms with Crippen LogP contribution in [0.25, 0.3) is 0 Å². The highest BCUT2D eigenvalue weighted by Gasteiger charge is 2.38. The van der Waals surface area contributed by atoms with E-state index in [0.29, 0.717) is 11.6 Å². The highest BCUT2D eigenvalue weighted by atomic mass is 19.4. The van der Waals surface area contributed by atoms with Crippen LogP contribution in [0.5, 0.6) is 0 Å². The van der Waals surface area contributed by atoms with Crippen molar-refractivity contribution < 1.29 is 22.8 Å². The molecule has 0 spiro atoms. The van der Waals surface area contributed by atoms with Gasteiger partial charge < -0.3 is 15.5 Å². The van der Waals surface area contributed by atoms with Crippen LogP contribution in [0.3, 0.4) is 0 Å². The molecular weight excluding hydrogens is 359 g/mol. The Balaban J connectivity index is 1.63. The third kappa shape index (κ3) is 4.93. The number of benzene rings is 1. The minimum Gasteiger partial charge on any atom is -0.370 e. The second kappa shape index (κ2) is 7.78. The van der Waals surface area contributed by atoms with Crippen molar-refractivity contribution in [2.75, 3.05) is 29.9 Å². The number of carbonyl (C=O) groups excluding carboxylic acids is 2. The number of nitrogens with one attached hydrogen (secondary N) is 2. The van der Waals surface area contributed by atoms with Crippen molar-refractivity contribution >= 4 is 23.2 Å². The van der Waals surface area contributed by atoms with Crippen LogP contribution in [0.1, 0.15) is 38.2 Å². The quantitative estimate of drug-likeness (QED) is 0.792. The minimum absolute atomic E-state index is 0.0164. The zero-order valence-corrected chi connectivity index (χ0v) is 15.2. The van der Waals surface area contributed by atoms with Gasteiger partial charge in [0.15, 0.2) is 0 Å². The van der Waals surface area contributed by atoms with Crippen molar-refractivity contribution in [3.8, 4) is 0 Å². The van der Waals surface area contributed by atoms with Crippen LogP contribution in [-0.4, -0.2) is 31.4 Å². The number of alkyl halides is 3. The number of nitrogens with zero attached hydrogens (tertiary/aromatic N) is 1. The monoisotopic (exact) mass is 383 g/mol. The van der Waals surface area contributed by atoms with E-state index < -0.39 is 17.6 Å². The zero-order valence-electron chi connectivity index (χ0n) is 15.2. The van der Waals surface area contributed by atoms with Gasteiger partial charge >= 0.3 is 6.18 Å². The van der Waals surface area contributed by atoms with Gasteiger partial charge in [-0.1, -0.05) is 6.92 Å². The molecule has 2 aliphatic rings. The Morgan fingerprint density at radius 3 is 2.48 bits per heavy atom. The van der Waals surface area contributed by atoms with Gasteiger partial charge in [0.2, 0.25) is 11.8 Å². The maximum Gasteiger partial charge on any atom is 0.416 e. The summed E-state index contributed by atoms with van der Waals surface area (Å²) < 4.78 is 39.1. The largest absolute Gasteiger partial charge is 0.416 e. The molecule has 148 valence electrons. The smallest absolute Gasteiger partial charge is 0.370 e. The summed E-state index contributed by atoms with van der Waals surface area (Å²) in [5.74, 6) is -0.0729. The summed E-state index contributed by atoms with van der Waals surface area (Å²) in [5.41, 5.74) is -0.0275. The van der Waals surface area contributed by atoms with Gasteiger partial charge in [-0.2, -0.15) is 13.2 Å². The van der Waals surface area contributed by atoms with Gasteiger partial charge in [-0.15, -0.1) is 0 Å². The Bertz CT molecular complexity index is 715. The summed E-state index contributed by atoms with van der Waals surface area (Å²) in [7, 11) is 0. The summed E-state index contributed by atoms with van der Waals surface area (Å²) in [4.78, 5) is 26.0. The molecule has 5 nitrogen and oxygen atoms in total. The maximum atomic E-state index is 13.0. The van der Waals surface area contributed by atoms with Crippen LogP contribution >= 0.6 is 0 Å². The number of hydrogen-bond donors (Lipinski definition) is 2. The van der Waals surface area contributed by atoms with Crippen LogP contribution in [0.4, 0.5) is 24.5 Å². The van der Waals surface area contributed by atoms with E-state index in [9.17, 15) is 22.8 Å². The number of amides is 2. The summed E-state index contributed by atoms with van der Waals surface area (Å²) >= 11 is 0. The lowest BCUT2D eigenvalue weighted by atomic mass is 10.1. The van der Waals surface area contributed by atoms with E-state index in [1.54, 1.807) is 0 Å². The normalized spacial score (nSPS) is 21.9. The van der Waals surface area contributed by atoms with E-state index in [0.717, 1.165) is 44.5 Å². The average molecular weight is 383 g/mol. The van der Waals surface area contributed by atoms with Crippen LogP contribution in [0.2, 0.25) is 0 Å². The first-order chi connectivity index (χ1) is 12.8. The molecule has 2 amide bonds. The van der Waals surface area contributed by atoms with Gasteiger partial charge in [-0.25, -0.2) is 0 Å². The number of halogens is 3. The summed E-state index contributed by atoms with van der Waals surface area (Å²) in [6, 6.07) is 3.44. The molecule has 1 heterocycles. The Morgan fingerprint density at radius 2 is 1.89 bits per heavy atom. The topological polar surface area (TPSA) is 61.4 Å². The van der Waals surface area contributed by atoms with E-state index in [4.69, 9.17) is 0 Å². The average Bonchev–Trinajstić information content (AvgIpc) is 3.09. The van der Waals surface area contributed by atoms with Crippen LogP contribution in [0, 0.1) is 11.8 Å². The number of anilines is 2. The fourth-order valence-corrected chi connectivity index (χ4v) is 3.38. The van der Waals surface area contributed by atoms with Crippen LogP contribution in [0.15, 0.2) is 18.2 Å². The Morgan fingerprint density at radius 1 is 1.22 bits per heavy atom. The van der Waals surface area contributed by atoms with Crippen molar-refractivity contribution in [2.24, 2.45) is 11.8 Å². The molecule has 0 aromatic heterocycles. The number of rotatable bonds is 6. The first-order valence-electron chi connectivity index (χ1n) is 9.29. The van der Waals surface area contributed by atoms with E-state index >= 15 is 0 Å². The summed E-state index contributed by atoms with van der Waals surface area (Å²) in [6.45, 7) is 3.67. The predicted octanol–water partition coefficient (Wildman–Crippen LogP) is 3.41. The van der Waals surface area contributed by atoms with Gasteiger partial charge in [0.25, 0.3) is 0 Å². The van der Waals surface area contributed by atoms with Crippen molar-refractivity contribution in [2.45, 2.75) is 38.8 Å². The van der Waals surface area contributed by atoms with Gasteiger partial charge in [-0.3, -0.25) is 9.59 Å². The van der Waals surface area contributed by atoms with Gasteiger partial charge in [0.1, 0.15) is 0 Å². The standard InChI is InChI=1S/C19H24F3N3O2/c1-12-10-14(12)18(27)23-7-6-17(26)24-15-11-13(19(20,21)22)4-5-16(15)25-8-2-3-9-25/h4-5,11-12,14H,2-3,6-10H2,1H3,(H,23,27)(H,24,26). The molecule has 2 unspecified atom stereocenters. The lowest BCUT2D eigenvalue weighted by Gasteiger charge is -2.23. The summed E-state index contributed by atoms with van der Waals surface area (Å²) in [6.07, 6.45) is -1.65. The van der Waals surface area contributed by atoms with Crippen molar-refractivity contribution in [1.29, 1.82) is 0 Å². The van der Waals surface area contributed by atoms with E-state index in [2.05, 4.69) is 10.6 Å². The van der Waals surface area contributed by atoms with E-state index in [-0.39, 0.29) is 30.5 Å². The molecule has 2 fully saturated rings. The second-order valence-corrected chi connectivity index (χ2v) is 7.33. The van der Waals surface area contributed by atoms with Crippen LogP contribution < -0.4 is 15.5 Å². The van der Waals surface area contributed by atoms with Gasteiger partial charge in [-0.05, 0) is 43.4 Å². The molecule has 1 saturated heterocycles. The van der Waals surface area contributed by atoms with Gasteiger partial charge in [0.05, 0.1) is 16.9 Å². The lowest BCUT2D eigenvalue weighted by Crippen LogP contribution is -2.29. The molecule has 27 heavy (non-hydrogen) atoms. The molecular formula is C19H24F3N3O2. The van der Waals surface area contributed by atoms with Crippen molar-refractivity contribution in [3.63, 3.8) is 0 Å². The van der Waals surface area contributed by atoms with E-state index in [1.807, 2.05) is 11.8 Å². The second-order valence-electron chi connectivity index (χ2n) is 7.33. The molecule has 1 aliphatic carbocycles. The molecule has 0 radical (unpaired) electrons. The van der Waals surface area contributed by atoms with Crippen molar-refractivity contribution in [3.05, 3.63) is 23.8 Å². The van der Waals surface area contributed by atoms with Crippen LogP contribution in [-0.2, 0) is 15.8 Å². The zero-order chi connectivity index (χ0) is 19.6. The molecule has 1 saturated carbocycles. The molecule has 0 bridgehead atoms. The third-order valence-corrected chi connectivity index (χ3v) is 5.14. The molecule has 2 N–H and O–H groups in total. The molecule has 1 aliphatic heterocycles. The Hall–Kier alpha value is -2.25. The maximum absolute atomic E-state index is 13.0. The highest BCUT2D eigenvalue weighted by molar-refractivity contribution is 5.95. The number of carbonyl (C=O) groups is 2. The predicted molar refractivity (Wildman–Crippen MR) is 96.4 cm³/mol. The molecule has 1 aromatic carbocycles. The van der Waals surface area contributed by atoms with Gasteiger partial charge in [0, 0.05) is 32.0 Å².